The molecule has 0 bridgehead atoms. The SMILES string of the molecule is C/C=C/CCC1CCC(COC2CCC(c3ccc(-c4ccc(OCC)c(F)c4F)cc3)CC2)CC1. The largest absolute Gasteiger partial charge is 0.491 e. The Bertz CT molecular complexity index is 968. The van der Waals surface area contributed by atoms with Gasteiger partial charge in [-0.05, 0) is 106 Å². The lowest BCUT2D eigenvalue weighted by atomic mass is 9.80. The Morgan fingerprint density at radius 2 is 1.53 bits per heavy atom. The maximum Gasteiger partial charge on any atom is 0.201 e. The van der Waals surface area contributed by atoms with Crippen LogP contribution in [0.2, 0.25) is 0 Å². The molecular formula is C32H42F2O2. The standard InChI is InChI=1S/C32H42F2O2/c1-3-5-6-7-23-8-10-24(11-9-23)22-36-28-18-16-26(17-19-28)25-12-14-27(15-13-25)29-20-21-30(35-4-2)32(34)31(29)33/h3,5,12-15,20-21,23-24,26,28H,4,6-11,16-19,22H2,1-2H3/b5-3+. The normalized spacial score (nSPS) is 24.8. The number of hydrogen-bond donors (Lipinski definition) is 0. The molecule has 36 heavy (non-hydrogen) atoms. The monoisotopic (exact) mass is 496 g/mol. The maximum atomic E-state index is 14.6. The average molecular weight is 497 g/mol. The minimum Gasteiger partial charge on any atom is -0.491 e. The summed E-state index contributed by atoms with van der Waals surface area (Å²) in [5.41, 5.74) is 2.23. The first kappa shape index (κ1) is 26.9. The molecule has 0 aromatic heterocycles. The van der Waals surface area contributed by atoms with Crippen LogP contribution in [0.3, 0.4) is 0 Å². The van der Waals surface area contributed by atoms with Crippen LogP contribution >= 0.6 is 0 Å². The Morgan fingerprint density at radius 1 is 0.833 bits per heavy atom. The molecule has 196 valence electrons. The van der Waals surface area contributed by atoms with Gasteiger partial charge in [0.05, 0.1) is 12.7 Å². The van der Waals surface area contributed by atoms with E-state index < -0.39 is 11.6 Å². The van der Waals surface area contributed by atoms with Crippen LogP contribution < -0.4 is 4.74 Å². The highest BCUT2D eigenvalue weighted by atomic mass is 19.2. The van der Waals surface area contributed by atoms with Crippen LogP contribution in [0.4, 0.5) is 8.78 Å². The van der Waals surface area contributed by atoms with E-state index in [2.05, 4.69) is 31.2 Å². The molecule has 0 unspecified atom stereocenters. The molecule has 0 saturated heterocycles. The van der Waals surface area contributed by atoms with Gasteiger partial charge in [0.15, 0.2) is 11.6 Å². The zero-order chi connectivity index (χ0) is 25.3. The molecule has 2 aliphatic carbocycles. The fourth-order valence-corrected chi connectivity index (χ4v) is 5.98. The van der Waals surface area contributed by atoms with Crippen molar-refractivity contribution in [2.45, 2.75) is 90.1 Å². The molecule has 0 atom stereocenters. The van der Waals surface area contributed by atoms with E-state index in [4.69, 9.17) is 9.47 Å². The lowest BCUT2D eigenvalue weighted by Crippen LogP contribution is -2.25. The molecule has 0 heterocycles. The summed E-state index contributed by atoms with van der Waals surface area (Å²) in [6.07, 6.45) is 17.2. The number of rotatable bonds is 10. The van der Waals surface area contributed by atoms with E-state index in [0.29, 0.717) is 24.2 Å². The topological polar surface area (TPSA) is 18.5 Å². The van der Waals surface area contributed by atoms with Crippen LogP contribution in [0.15, 0.2) is 48.6 Å². The van der Waals surface area contributed by atoms with Crippen LogP contribution in [0.1, 0.15) is 89.5 Å². The van der Waals surface area contributed by atoms with Gasteiger partial charge < -0.3 is 9.47 Å². The van der Waals surface area contributed by atoms with Gasteiger partial charge in [0, 0.05) is 12.2 Å². The molecule has 2 saturated carbocycles. The van der Waals surface area contributed by atoms with E-state index >= 15 is 0 Å². The maximum absolute atomic E-state index is 14.6. The second-order valence-electron chi connectivity index (χ2n) is 10.6. The van der Waals surface area contributed by atoms with E-state index in [1.165, 1.54) is 50.2 Å². The van der Waals surface area contributed by atoms with Crippen LogP contribution in [0.25, 0.3) is 11.1 Å². The van der Waals surface area contributed by atoms with Crippen LogP contribution in [0, 0.1) is 23.5 Å². The van der Waals surface area contributed by atoms with Crippen molar-refractivity contribution in [2.75, 3.05) is 13.2 Å². The minimum absolute atomic E-state index is 0.0397. The summed E-state index contributed by atoms with van der Waals surface area (Å²) in [5, 5.41) is 0. The predicted octanol–water partition coefficient (Wildman–Crippen LogP) is 9.24. The first-order valence-corrected chi connectivity index (χ1v) is 14.0. The second kappa shape index (κ2) is 13.4. The number of allylic oxidation sites excluding steroid dienone is 2. The number of ether oxygens (including phenoxy) is 2. The van der Waals surface area contributed by atoms with Crippen molar-refractivity contribution in [3.63, 3.8) is 0 Å². The van der Waals surface area contributed by atoms with E-state index in [-0.39, 0.29) is 11.3 Å². The Morgan fingerprint density at radius 3 is 2.19 bits per heavy atom. The summed E-state index contributed by atoms with van der Waals surface area (Å²) in [6, 6.07) is 11.1. The predicted molar refractivity (Wildman–Crippen MR) is 143 cm³/mol. The molecule has 2 nitrogen and oxygen atoms in total. The molecule has 0 aliphatic heterocycles. The van der Waals surface area contributed by atoms with Crippen molar-refractivity contribution >= 4 is 0 Å². The summed E-state index contributed by atoms with van der Waals surface area (Å²) in [4.78, 5) is 0. The van der Waals surface area contributed by atoms with Gasteiger partial charge in [-0.25, -0.2) is 4.39 Å². The Hall–Kier alpha value is -2.20. The molecule has 0 radical (unpaired) electrons. The van der Waals surface area contributed by atoms with Gasteiger partial charge >= 0.3 is 0 Å². The van der Waals surface area contributed by atoms with Crippen LogP contribution in [-0.4, -0.2) is 19.3 Å². The first-order valence-electron chi connectivity index (χ1n) is 14.0. The molecule has 2 aromatic carbocycles. The van der Waals surface area contributed by atoms with E-state index in [0.717, 1.165) is 44.1 Å². The van der Waals surface area contributed by atoms with Gasteiger partial charge in [0.1, 0.15) is 0 Å². The van der Waals surface area contributed by atoms with Gasteiger partial charge in [0.25, 0.3) is 0 Å². The number of halogens is 2. The van der Waals surface area contributed by atoms with Crippen molar-refractivity contribution in [1.82, 2.24) is 0 Å². The summed E-state index contributed by atoms with van der Waals surface area (Å²) >= 11 is 0. The highest BCUT2D eigenvalue weighted by Gasteiger charge is 2.26. The number of benzene rings is 2. The molecule has 2 aromatic rings. The lowest BCUT2D eigenvalue weighted by molar-refractivity contribution is -0.00474. The smallest absolute Gasteiger partial charge is 0.201 e. The van der Waals surface area contributed by atoms with Crippen LogP contribution in [-0.2, 0) is 4.74 Å². The molecule has 2 fully saturated rings. The van der Waals surface area contributed by atoms with Gasteiger partial charge in [-0.3, -0.25) is 0 Å². The third kappa shape index (κ3) is 6.97. The highest BCUT2D eigenvalue weighted by molar-refractivity contribution is 5.65. The van der Waals surface area contributed by atoms with E-state index in [1.54, 1.807) is 13.0 Å². The summed E-state index contributed by atoms with van der Waals surface area (Å²) in [6.45, 7) is 5.09. The van der Waals surface area contributed by atoms with Gasteiger partial charge in [-0.2, -0.15) is 4.39 Å². The first-order chi connectivity index (χ1) is 17.6. The quantitative estimate of drug-likeness (QED) is 0.305. The fraction of sp³-hybridized carbons (Fsp3) is 0.562. The van der Waals surface area contributed by atoms with Crippen molar-refractivity contribution < 1.29 is 18.3 Å². The molecule has 0 spiro atoms. The van der Waals surface area contributed by atoms with Crippen molar-refractivity contribution in [2.24, 2.45) is 11.8 Å². The average Bonchev–Trinajstić information content (AvgIpc) is 2.92. The van der Waals surface area contributed by atoms with Crippen LogP contribution in [0.5, 0.6) is 5.75 Å². The van der Waals surface area contributed by atoms with Gasteiger partial charge in [0.2, 0.25) is 5.82 Å². The van der Waals surface area contributed by atoms with E-state index in [1.807, 2.05) is 12.1 Å². The third-order valence-electron chi connectivity index (χ3n) is 8.23. The molecule has 0 amide bonds. The molecular weight excluding hydrogens is 454 g/mol. The molecule has 2 aliphatic rings. The number of hydrogen-bond acceptors (Lipinski definition) is 2. The zero-order valence-corrected chi connectivity index (χ0v) is 22.0. The summed E-state index contributed by atoms with van der Waals surface area (Å²) in [7, 11) is 0. The summed E-state index contributed by atoms with van der Waals surface area (Å²) < 4.78 is 40.4. The highest BCUT2D eigenvalue weighted by Crippen LogP contribution is 2.37. The fourth-order valence-electron chi connectivity index (χ4n) is 5.98. The Kier molecular flexibility index (Phi) is 9.98. The summed E-state index contributed by atoms with van der Waals surface area (Å²) in [5.74, 6) is 0.337. The lowest BCUT2D eigenvalue weighted by Gasteiger charge is -2.32. The minimum atomic E-state index is -0.922. The van der Waals surface area contributed by atoms with Crippen molar-refractivity contribution in [1.29, 1.82) is 0 Å². The van der Waals surface area contributed by atoms with Gasteiger partial charge in [-0.1, -0.05) is 49.3 Å². The zero-order valence-electron chi connectivity index (χ0n) is 22.0. The van der Waals surface area contributed by atoms with Gasteiger partial charge in [-0.15, -0.1) is 0 Å². The molecule has 0 N–H and O–H groups in total. The Labute approximate surface area is 216 Å². The second-order valence-corrected chi connectivity index (χ2v) is 10.6. The molecule has 4 heteroatoms. The third-order valence-corrected chi connectivity index (χ3v) is 8.23. The van der Waals surface area contributed by atoms with Crippen molar-refractivity contribution in [3.05, 3.63) is 65.7 Å². The Balaban J connectivity index is 1.22. The van der Waals surface area contributed by atoms with E-state index in [9.17, 15) is 8.78 Å². The van der Waals surface area contributed by atoms with Crippen molar-refractivity contribution in [3.8, 4) is 16.9 Å². The molecule has 4 rings (SSSR count).